The van der Waals surface area contributed by atoms with Crippen molar-refractivity contribution in [2.45, 2.75) is 51.2 Å². The van der Waals surface area contributed by atoms with Crippen molar-refractivity contribution in [2.24, 2.45) is 5.92 Å². The molecule has 1 unspecified atom stereocenters. The summed E-state index contributed by atoms with van der Waals surface area (Å²) in [6.45, 7) is 7.85. The summed E-state index contributed by atoms with van der Waals surface area (Å²) in [6.07, 6.45) is 4.29. The summed E-state index contributed by atoms with van der Waals surface area (Å²) in [7, 11) is -3.81. The third-order valence-corrected chi connectivity index (χ3v) is 8.04. The van der Waals surface area contributed by atoms with Crippen LogP contribution in [0.5, 0.6) is 0 Å². The molecule has 0 fully saturated rings. The number of hydrogen-bond donors (Lipinski definition) is 1. The minimum atomic E-state index is -3.81. The van der Waals surface area contributed by atoms with E-state index < -0.39 is 16.1 Å². The molecule has 1 aromatic heterocycles. The smallest absolute Gasteiger partial charge is 0.264 e. The summed E-state index contributed by atoms with van der Waals surface area (Å²) in [6, 6.07) is 16.8. The molecule has 6 nitrogen and oxygen atoms in total. The van der Waals surface area contributed by atoms with E-state index >= 15 is 0 Å². The number of sulfonamides is 1. The number of hydrogen-bond acceptors (Lipinski definition) is 5. The van der Waals surface area contributed by atoms with E-state index in [4.69, 9.17) is 0 Å². The van der Waals surface area contributed by atoms with Gasteiger partial charge in [0.1, 0.15) is 0 Å². The van der Waals surface area contributed by atoms with Crippen molar-refractivity contribution in [3.8, 4) is 0 Å². The van der Waals surface area contributed by atoms with Gasteiger partial charge >= 0.3 is 0 Å². The Morgan fingerprint density at radius 3 is 2.41 bits per heavy atom. The van der Waals surface area contributed by atoms with E-state index in [0.29, 0.717) is 37.3 Å². The molecule has 0 radical (unpaired) electrons. The van der Waals surface area contributed by atoms with E-state index in [9.17, 15) is 13.5 Å². The lowest BCUT2D eigenvalue weighted by atomic mass is 9.98. The van der Waals surface area contributed by atoms with Crippen molar-refractivity contribution in [1.29, 1.82) is 0 Å². The second-order valence-corrected chi connectivity index (χ2v) is 11.1. The number of aliphatic hydroxyl groups excluding tert-OH is 1. The van der Waals surface area contributed by atoms with Crippen LogP contribution in [0.2, 0.25) is 0 Å². The number of fused-ring (bicyclic) bond motifs is 1. The Balaban J connectivity index is 1.70. The van der Waals surface area contributed by atoms with E-state index in [1.807, 2.05) is 56.3 Å². The third-order valence-electron chi connectivity index (χ3n) is 6.25. The highest BCUT2D eigenvalue weighted by atomic mass is 32.2. The Bertz CT molecular complexity index is 1210. The van der Waals surface area contributed by atoms with Gasteiger partial charge in [0, 0.05) is 43.3 Å². The van der Waals surface area contributed by atoms with Crippen LogP contribution in [-0.4, -0.2) is 31.6 Å². The van der Waals surface area contributed by atoms with Crippen LogP contribution in [0, 0.1) is 5.92 Å². The first-order chi connectivity index (χ1) is 16.3. The molecule has 0 aliphatic carbocycles. The number of benzene rings is 2. The van der Waals surface area contributed by atoms with Gasteiger partial charge in [0.25, 0.3) is 10.0 Å². The van der Waals surface area contributed by atoms with Gasteiger partial charge < -0.3 is 10.0 Å². The molecule has 0 spiro atoms. The second kappa shape index (κ2) is 10.2. The molecule has 1 aliphatic rings. The summed E-state index contributed by atoms with van der Waals surface area (Å²) in [5.74, 6) is 0.152. The van der Waals surface area contributed by atoms with Crippen molar-refractivity contribution in [1.82, 2.24) is 4.98 Å². The zero-order valence-corrected chi connectivity index (χ0v) is 20.9. The lowest BCUT2D eigenvalue weighted by Crippen LogP contribution is -2.35. The quantitative estimate of drug-likeness (QED) is 0.495. The summed E-state index contributed by atoms with van der Waals surface area (Å²) in [4.78, 5) is 6.46. The number of rotatable bonds is 8. The van der Waals surface area contributed by atoms with Crippen LogP contribution < -0.4 is 9.21 Å². The van der Waals surface area contributed by atoms with E-state index in [-0.39, 0.29) is 10.8 Å². The van der Waals surface area contributed by atoms with Gasteiger partial charge in [0.2, 0.25) is 0 Å². The number of aryl methyl sites for hydroxylation is 1. The summed E-state index contributed by atoms with van der Waals surface area (Å²) >= 11 is 0. The van der Waals surface area contributed by atoms with E-state index in [0.717, 1.165) is 23.2 Å². The SMILES string of the molecule is CCc1ccc(N(CC(C)C)S(=O)(=O)c2ccc3c(c2)C(O)CCN3Cc2ccncc2)cc1. The average molecular weight is 480 g/mol. The predicted octanol–water partition coefficient (Wildman–Crippen LogP) is 4.94. The molecule has 4 rings (SSSR count). The molecule has 2 heterocycles. The molecule has 2 aromatic carbocycles. The summed E-state index contributed by atoms with van der Waals surface area (Å²) in [5.41, 5.74) is 4.47. The average Bonchev–Trinajstić information content (AvgIpc) is 2.84. The number of aromatic nitrogens is 1. The highest BCUT2D eigenvalue weighted by Crippen LogP contribution is 2.37. The first kappa shape index (κ1) is 24.2. The monoisotopic (exact) mass is 479 g/mol. The molecule has 0 saturated carbocycles. The van der Waals surface area contributed by atoms with Crippen molar-refractivity contribution < 1.29 is 13.5 Å². The molecule has 1 atom stereocenters. The molecule has 3 aromatic rings. The second-order valence-electron chi connectivity index (χ2n) is 9.25. The van der Waals surface area contributed by atoms with Gasteiger partial charge in [-0.3, -0.25) is 9.29 Å². The molecule has 0 saturated heterocycles. The third kappa shape index (κ3) is 5.10. The van der Waals surface area contributed by atoms with Crippen LogP contribution in [0.4, 0.5) is 11.4 Å². The number of nitrogens with zero attached hydrogens (tertiary/aromatic N) is 3. The van der Waals surface area contributed by atoms with Crippen LogP contribution in [0.3, 0.4) is 0 Å². The standard InChI is InChI=1S/C27H33N3O3S/c1-4-21-5-7-23(8-6-21)30(18-20(2)3)34(32,33)24-9-10-26-25(17-24)27(31)13-16-29(26)19-22-11-14-28-15-12-22/h5-12,14-15,17,20,27,31H,4,13,16,18-19H2,1-3H3. The van der Waals surface area contributed by atoms with Crippen molar-refractivity contribution >= 4 is 21.4 Å². The molecule has 0 amide bonds. The fraction of sp³-hybridized carbons (Fsp3) is 0.370. The maximum atomic E-state index is 13.8. The highest BCUT2D eigenvalue weighted by Gasteiger charge is 2.30. The van der Waals surface area contributed by atoms with Crippen molar-refractivity contribution in [2.75, 3.05) is 22.3 Å². The Morgan fingerprint density at radius 1 is 1.06 bits per heavy atom. The lowest BCUT2D eigenvalue weighted by Gasteiger charge is -2.34. The van der Waals surface area contributed by atoms with E-state index in [1.165, 1.54) is 4.31 Å². The Morgan fingerprint density at radius 2 is 1.76 bits per heavy atom. The minimum absolute atomic E-state index is 0.152. The molecule has 180 valence electrons. The van der Waals surface area contributed by atoms with Crippen LogP contribution in [0.1, 0.15) is 50.0 Å². The minimum Gasteiger partial charge on any atom is -0.388 e. The van der Waals surface area contributed by atoms with E-state index in [2.05, 4.69) is 16.8 Å². The fourth-order valence-electron chi connectivity index (χ4n) is 4.37. The molecule has 7 heteroatoms. The van der Waals surface area contributed by atoms with Crippen LogP contribution in [0.15, 0.2) is 71.9 Å². The zero-order chi connectivity index (χ0) is 24.3. The van der Waals surface area contributed by atoms with Gasteiger partial charge in [-0.05, 0) is 72.4 Å². The first-order valence-electron chi connectivity index (χ1n) is 11.9. The van der Waals surface area contributed by atoms with Gasteiger partial charge in [-0.25, -0.2) is 8.42 Å². The molecular formula is C27H33N3O3S. The van der Waals surface area contributed by atoms with Crippen LogP contribution in [0.25, 0.3) is 0 Å². The van der Waals surface area contributed by atoms with Crippen LogP contribution >= 0.6 is 0 Å². The van der Waals surface area contributed by atoms with Gasteiger partial charge in [0.15, 0.2) is 0 Å². The van der Waals surface area contributed by atoms with Crippen molar-refractivity contribution in [3.63, 3.8) is 0 Å². The summed E-state index contributed by atoms with van der Waals surface area (Å²) < 4.78 is 29.1. The number of anilines is 2. The van der Waals surface area contributed by atoms with Gasteiger partial charge in [-0.1, -0.05) is 32.9 Å². The van der Waals surface area contributed by atoms with Crippen molar-refractivity contribution in [3.05, 3.63) is 83.7 Å². The van der Waals surface area contributed by atoms with Gasteiger partial charge in [0.05, 0.1) is 16.7 Å². The Hall–Kier alpha value is -2.90. The summed E-state index contributed by atoms with van der Waals surface area (Å²) in [5, 5.41) is 10.7. The van der Waals surface area contributed by atoms with E-state index in [1.54, 1.807) is 24.5 Å². The van der Waals surface area contributed by atoms with Gasteiger partial charge in [-0.15, -0.1) is 0 Å². The Kier molecular flexibility index (Phi) is 7.24. The largest absolute Gasteiger partial charge is 0.388 e. The Labute approximate surface area is 202 Å². The first-order valence-corrected chi connectivity index (χ1v) is 13.3. The normalized spacial score (nSPS) is 15.9. The number of aliphatic hydroxyl groups is 1. The van der Waals surface area contributed by atoms with Crippen LogP contribution in [-0.2, 0) is 23.0 Å². The van der Waals surface area contributed by atoms with Gasteiger partial charge in [-0.2, -0.15) is 0 Å². The topological polar surface area (TPSA) is 73.7 Å². The highest BCUT2D eigenvalue weighted by molar-refractivity contribution is 7.92. The molecule has 1 aliphatic heterocycles. The maximum absolute atomic E-state index is 13.8. The maximum Gasteiger partial charge on any atom is 0.264 e. The molecule has 0 bridgehead atoms. The molecule has 1 N–H and O–H groups in total. The predicted molar refractivity (Wildman–Crippen MR) is 136 cm³/mol. The lowest BCUT2D eigenvalue weighted by molar-refractivity contribution is 0.163. The molecule has 34 heavy (non-hydrogen) atoms. The molecular weight excluding hydrogens is 446 g/mol. The fourth-order valence-corrected chi connectivity index (χ4v) is 6.04. The zero-order valence-electron chi connectivity index (χ0n) is 20.1. The number of pyridine rings is 1.